The van der Waals surface area contributed by atoms with Gasteiger partial charge in [0.2, 0.25) is 0 Å². The number of halogens is 1. The molecule has 1 atom stereocenters. The van der Waals surface area contributed by atoms with Gasteiger partial charge in [-0.05, 0) is 67.1 Å². The van der Waals surface area contributed by atoms with Gasteiger partial charge in [-0.15, -0.1) is 0 Å². The normalized spacial score (nSPS) is 12.8. The zero-order valence-corrected chi connectivity index (χ0v) is 20.4. The molecule has 0 saturated carbocycles. The maximum atomic E-state index is 11.5. The van der Waals surface area contributed by atoms with Crippen LogP contribution in [0.3, 0.4) is 0 Å². The Hall–Kier alpha value is -2.47. The van der Waals surface area contributed by atoms with Crippen molar-refractivity contribution in [2.24, 2.45) is 5.73 Å². The van der Waals surface area contributed by atoms with Crippen molar-refractivity contribution in [3.8, 4) is 5.75 Å². The first-order chi connectivity index (χ1) is 15.9. The van der Waals surface area contributed by atoms with Crippen LogP contribution in [0.15, 0.2) is 82.6 Å². The lowest BCUT2D eigenvalue weighted by molar-refractivity contribution is -0.144. The predicted octanol–water partition coefficient (Wildman–Crippen LogP) is 6.98. The lowest BCUT2D eigenvalue weighted by atomic mass is 9.88. The molecule has 4 nitrogen and oxygen atoms in total. The summed E-state index contributed by atoms with van der Waals surface area (Å²) in [7, 11) is 0. The Morgan fingerprint density at radius 2 is 1.79 bits per heavy atom. The highest BCUT2D eigenvalue weighted by Gasteiger charge is 2.32. The molecule has 0 fully saturated rings. The number of aliphatic carboxylic acids is 1. The molecular formula is C27H30ClNO3S. The summed E-state index contributed by atoms with van der Waals surface area (Å²) >= 11 is 8.16. The summed E-state index contributed by atoms with van der Waals surface area (Å²) in [6.07, 6.45) is 3.02. The van der Waals surface area contributed by atoms with Crippen molar-refractivity contribution in [1.82, 2.24) is 0 Å². The number of hydrogen-bond acceptors (Lipinski definition) is 4. The van der Waals surface area contributed by atoms with Crippen LogP contribution in [0.25, 0.3) is 0 Å². The molecule has 1 unspecified atom stereocenters. The van der Waals surface area contributed by atoms with Crippen LogP contribution >= 0.6 is 23.4 Å². The standard InChI is InChI=1S/C27H30ClNO3S/c1-2-15-27(29,26(30)31)16-7-10-21-13-14-24(18-25(21)28)33-23-12-6-11-22(17-23)32-19-20-8-4-3-5-9-20/h3-6,8-9,11-14,17-18H,2,7,10,15-16,19,29H2,1H3,(H,30,31). The lowest BCUT2D eigenvalue weighted by Gasteiger charge is -2.24. The number of carboxylic acid groups (broad SMARTS) is 1. The Morgan fingerprint density at radius 1 is 1.03 bits per heavy atom. The second kappa shape index (κ2) is 12.1. The van der Waals surface area contributed by atoms with Gasteiger partial charge >= 0.3 is 5.97 Å². The average molecular weight is 484 g/mol. The Labute approximate surface area is 205 Å². The summed E-state index contributed by atoms with van der Waals surface area (Å²) in [5, 5.41) is 10.1. The number of carbonyl (C=O) groups is 1. The van der Waals surface area contributed by atoms with E-state index >= 15 is 0 Å². The number of rotatable bonds is 12. The largest absolute Gasteiger partial charge is 0.489 e. The van der Waals surface area contributed by atoms with Crippen LogP contribution < -0.4 is 10.5 Å². The van der Waals surface area contributed by atoms with E-state index in [0.717, 1.165) is 33.1 Å². The highest BCUT2D eigenvalue weighted by atomic mass is 35.5. The molecule has 0 aromatic heterocycles. The molecule has 0 heterocycles. The summed E-state index contributed by atoms with van der Waals surface area (Å²) in [5.41, 5.74) is 7.05. The Kier molecular flexibility index (Phi) is 9.24. The van der Waals surface area contributed by atoms with Crippen LogP contribution in [0.1, 0.15) is 43.7 Å². The Bertz CT molecular complexity index is 1060. The van der Waals surface area contributed by atoms with Gasteiger partial charge in [0.05, 0.1) is 0 Å². The SMILES string of the molecule is CCCC(N)(CCCc1ccc(Sc2cccc(OCc3ccccc3)c2)cc1Cl)C(=O)O. The van der Waals surface area contributed by atoms with Crippen LogP contribution in [0.4, 0.5) is 0 Å². The number of benzene rings is 3. The molecule has 0 aliphatic carbocycles. The van der Waals surface area contributed by atoms with Gasteiger partial charge in [-0.3, -0.25) is 4.79 Å². The molecule has 0 aliphatic rings. The molecular weight excluding hydrogens is 454 g/mol. The quantitative estimate of drug-likeness (QED) is 0.291. The Morgan fingerprint density at radius 3 is 2.48 bits per heavy atom. The monoisotopic (exact) mass is 483 g/mol. The van der Waals surface area contributed by atoms with Gasteiger partial charge in [-0.25, -0.2) is 0 Å². The number of hydrogen-bond donors (Lipinski definition) is 2. The molecule has 0 radical (unpaired) electrons. The molecule has 0 aliphatic heterocycles. The summed E-state index contributed by atoms with van der Waals surface area (Å²) in [5.74, 6) is -0.112. The summed E-state index contributed by atoms with van der Waals surface area (Å²) in [4.78, 5) is 13.6. The molecule has 174 valence electrons. The molecule has 0 amide bonds. The van der Waals surface area contributed by atoms with Gasteiger partial charge in [0.15, 0.2) is 0 Å². The van der Waals surface area contributed by atoms with Crippen LogP contribution in [-0.2, 0) is 17.8 Å². The van der Waals surface area contributed by atoms with Crippen molar-refractivity contribution in [2.45, 2.75) is 61.0 Å². The van der Waals surface area contributed by atoms with Gasteiger partial charge in [0.1, 0.15) is 17.9 Å². The van der Waals surface area contributed by atoms with Crippen LogP contribution in [0, 0.1) is 0 Å². The van der Waals surface area contributed by atoms with E-state index in [9.17, 15) is 9.90 Å². The van der Waals surface area contributed by atoms with Crippen LogP contribution in [0.2, 0.25) is 5.02 Å². The van der Waals surface area contributed by atoms with E-state index in [1.54, 1.807) is 11.8 Å². The van der Waals surface area contributed by atoms with Crippen molar-refractivity contribution in [3.05, 3.63) is 88.9 Å². The third-order valence-corrected chi connectivity index (χ3v) is 6.84. The van der Waals surface area contributed by atoms with Crippen LogP contribution in [-0.4, -0.2) is 16.6 Å². The minimum atomic E-state index is -1.16. The minimum Gasteiger partial charge on any atom is -0.489 e. The first-order valence-electron chi connectivity index (χ1n) is 11.1. The zero-order valence-electron chi connectivity index (χ0n) is 18.8. The molecule has 0 bridgehead atoms. The highest BCUT2D eigenvalue weighted by Crippen LogP contribution is 2.33. The second-order valence-corrected chi connectivity index (χ2v) is 9.72. The van der Waals surface area contributed by atoms with E-state index in [0.29, 0.717) is 37.3 Å². The Balaban J connectivity index is 1.57. The number of aryl methyl sites for hydroxylation is 1. The van der Waals surface area contributed by atoms with E-state index in [4.69, 9.17) is 22.1 Å². The first kappa shape index (κ1) is 25.2. The number of carboxylic acids is 1. The van der Waals surface area contributed by atoms with E-state index < -0.39 is 11.5 Å². The van der Waals surface area contributed by atoms with Crippen molar-refractivity contribution < 1.29 is 14.6 Å². The summed E-state index contributed by atoms with van der Waals surface area (Å²) in [6, 6.07) is 24.1. The van der Waals surface area contributed by atoms with Crippen molar-refractivity contribution >= 4 is 29.3 Å². The van der Waals surface area contributed by atoms with Crippen molar-refractivity contribution in [2.75, 3.05) is 0 Å². The maximum absolute atomic E-state index is 11.5. The fourth-order valence-corrected chi connectivity index (χ4v) is 4.92. The predicted molar refractivity (Wildman–Crippen MR) is 135 cm³/mol. The topological polar surface area (TPSA) is 72.5 Å². The van der Waals surface area contributed by atoms with Gasteiger partial charge in [-0.1, -0.05) is 79.2 Å². The molecule has 0 saturated heterocycles. The van der Waals surface area contributed by atoms with Gasteiger partial charge in [0.25, 0.3) is 0 Å². The smallest absolute Gasteiger partial charge is 0.323 e. The fraction of sp³-hybridized carbons (Fsp3) is 0.296. The van der Waals surface area contributed by atoms with Gasteiger partial charge in [0, 0.05) is 14.8 Å². The van der Waals surface area contributed by atoms with Crippen molar-refractivity contribution in [1.29, 1.82) is 0 Å². The number of nitrogens with two attached hydrogens (primary N) is 1. The highest BCUT2D eigenvalue weighted by molar-refractivity contribution is 7.99. The minimum absolute atomic E-state index is 0.429. The summed E-state index contributed by atoms with van der Waals surface area (Å²) < 4.78 is 5.93. The van der Waals surface area contributed by atoms with Gasteiger partial charge in [-0.2, -0.15) is 0 Å². The van der Waals surface area contributed by atoms with Crippen molar-refractivity contribution in [3.63, 3.8) is 0 Å². The van der Waals surface area contributed by atoms with Gasteiger partial charge < -0.3 is 15.6 Å². The first-order valence-corrected chi connectivity index (χ1v) is 12.3. The van der Waals surface area contributed by atoms with E-state index in [-0.39, 0.29) is 0 Å². The maximum Gasteiger partial charge on any atom is 0.323 e. The fourth-order valence-electron chi connectivity index (χ4n) is 3.68. The third-order valence-electron chi connectivity index (χ3n) is 5.51. The summed E-state index contributed by atoms with van der Waals surface area (Å²) in [6.45, 7) is 2.47. The molecule has 3 N–H and O–H groups in total. The van der Waals surface area contributed by atoms with E-state index in [1.807, 2.05) is 79.7 Å². The van der Waals surface area contributed by atoms with E-state index in [1.165, 1.54) is 0 Å². The average Bonchev–Trinajstić information content (AvgIpc) is 2.80. The third kappa shape index (κ3) is 7.53. The number of ether oxygens (including phenoxy) is 1. The molecule has 6 heteroatoms. The molecule has 0 spiro atoms. The molecule has 3 rings (SSSR count). The lowest BCUT2D eigenvalue weighted by Crippen LogP contribution is -2.47. The zero-order chi connectivity index (χ0) is 23.7. The molecule has 33 heavy (non-hydrogen) atoms. The molecule has 3 aromatic rings. The molecule has 3 aromatic carbocycles. The van der Waals surface area contributed by atoms with E-state index in [2.05, 4.69) is 0 Å². The van der Waals surface area contributed by atoms with Crippen LogP contribution in [0.5, 0.6) is 5.75 Å². The second-order valence-electron chi connectivity index (χ2n) is 8.17.